The van der Waals surface area contributed by atoms with Crippen LogP contribution in [0.5, 0.6) is 0 Å². The summed E-state index contributed by atoms with van der Waals surface area (Å²) in [4.78, 5) is 33.5. The Bertz CT molecular complexity index is 1050. The molecule has 2 amide bonds. The number of benzene rings is 1. The Hall–Kier alpha value is -3.42. The number of imidazole rings is 1. The van der Waals surface area contributed by atoms with E-state index in [1.807, 2.05) is 41.4 Å². The fraction of sp³-hybridized carbons (Fsp3) is 0.300. The van der Waals surface area contributed by atoms with Crippen molar-refractivity contribution < 1.29 is 9.59 Å². The number of hydrogen-bond donors (Lipinski definition) is 1. The van der Waals surface area contributed by atoms with E-state index < -0.39 is 6.04 Å². The van der Waals surface area contributed by atoms with Gasteiger partial charge in [-0.05, 0) is 23.8 Å². The lowest BCUT2D eigenvalue weighted by atomic mass is 9.94. The molecule has 142 valence electrons. The zero-order chi connectivity index (χ0) is 19.1. The molecule has 0 saturated carbocycles. The molecular formula is C20H20N6O2. The van der Waals surface area contributed by atoms with Gasteiger partial charge in [0, 0.05) is 50.6 Å². The molecule has 1 atom stereocenters. The average Bonchev–Trinajstić information content (AvgIpc) is 3.21. The molecule has 0 radical (unpaired) electrons. The maximum atomic E-state index is 13.0. The number of carbonyl (C=O) groups excluding carboxylic acids is 2. The Kier molecular flexibility index (Phi) is 3.96. The minimum Gasteiger partial charge on any atom is -0.352 e. The van der Waals surface area contributed by atoms with Crippen molar-refractivity contribution in [1.29, 1.82) is 0 Å². The Labute approximate surface area is 161 Å². The molecule has 1 saturated heterocycles. The molecule has 3 aromatic rings. The number of piperazine rings is 1. The monoisotopic (exact) mass is 376 g/mol. The molecule has 4 heterocycles. The summed E-state index contributed by atoms with van der Waals surface area (Å²) in [6.45, 7) is 2.62. The largest absolute Gasteiger partial charge is 0.352 e. The molecule has 1 N–H and O–H groups in total. The number of carbonyl (C=O) groups is 2. The van der Waals surface area contributed by atoms with E-state index in [4.69, 9.17) is 0 Å². The van der Waals surface area contributed by atoms with Crippen molar-refractivity contribution in [3.63, 3.8) is 0 Å². The van der Waals surface area contributed by atoms with E-state index >= 15 is 0 Å². The van der Waals surface area contributed by atoms with E-state index in [9.17, 15) is 9.59 Å². The number of anilines is 1. The number of fused-ring (bicyclic) bond motifs is 2. The van der Waals surface area contributed by atoms with Gasteiger partial charge in [-0.1, -0.05) is 18.2 Å². The Morgan fingerprint density at radius 3 is 2.75 bits per heavy atom. The maximum absolute atomic E-state index is 13.0. The van der Waals surface area contributed by atoms with Gasteiger partial charge in [0.15, 0.2) is 5.65 Å². The highest BCUT2D eigenvalue weighted by Crippen LogP contribution is 2.19. The topological polar surface area (TPSA) is 82.8 Å². The summed E-state index contributed by atoms with van der Waals surface area (Å²) < 4.78 is 1.75. The van der Waals surface area contributed by atoms with Gasteiger partial charge in [-0.15, -0.1) is 5.10 Å². The highest BCUT2D eigenvalue weighted by molar-refractivity contribution is 6.00. The van der Waals surface area contributed by atoms with Crippen LogP contribution in [0.4, 0.5) is 5.82 Å². The van der Waals surface area contributed by atoms with Crippen LogP contribution in [0.2, 0.25) is 0 Å². The lowest BCUT2D eigenvalue weighted by Crippen LogP contribution is -2.57. The van der Waals surface area contributed by atoms with Crippen LogP contribution in [-0.4, -0.2) is 63.5 Å². The molecular weight excluding hydrogens is 356 g/mol. The van der Waals surface area contributed by atoms with Crippen molar-refractivity contribution in [3.8, 4) is 0 Å². The van der Waals surface area contributed by atoms with Crippen molar-refractivity contribution in [1.82, 2.24) is 24.8 Å². The Morgan fingerprint density at radius 2 is 1.89 bits per heavy atom. The van der Waals surface area contributed by atoms with E-state index in [1.165, 1.54) is 0 Å². The van der Waals surface area contributed by atoms with Crippen LogP contribution in [0.15, 0.2) is 48.8 Å². The van der Waals surface area contributed by atoms with Gasteiger partial charge in [0.25, 0.3) is 5.91 Å². The van der Waals surface area contributed by atoms with E-state index in [-0.39, 0.29) is 11.8 Å². The van der Waals surface area contributed by atoms with Gasteiger partial charge in [0.2, 0.25) is 5.91 Å². The van der Waals surface area contributed by atoms with Crippen molar-refractivity contribution in [2.24, 2.45) is 0 Å². The van der Waals surface area contributed by atoms with Crippen LogP contribution < -0.4 is 10.2 Å². The molecule has 28 heavy (non-hydrogen) atoms. The summed E-state index contributed by atoms with van der Waals surface area (Å²) >= 11 is 0. The zero-order valence-electron chi connectivity index (χ0n) is 15.3. The smallest absolute Gasteiger partial charge is 0.252 e. The van der Waals surface area contributed by atoms with Crippen LogP contribution in [0.1, 0.15) is 15.9 Å². The molecule has 5 rings (SSSR count). The number of aromatic nitrogens is 3. The molecule has 2 aliphatic rings. The lowest BCUT2D eigenvalue weighted by molar-refractivity contribution is -0.133. The average molecular weight is 376 g/mol. The quantitative estimate of drug-likeness (QED) is 0.713. The second-order valence-electron chi connectivity index (χ2n) is 7.12. The third-order valence-corrected chi connectivity index (χ3v) is 5.45. The summed E-state index contributed by atoms with van der Waals surface area (Å²) in [5, 5.41) is 7.44. The predicted molar refractivity (Wildman–Crippen MR) is 103 cm³/mol. The molecule has 1 aromatic carbocycles. The van der Waals surface area contributed by atoms with Gasteiger partial charge in [-0.2, -0.15) is 0 Å². The Balaban J connectivity index is 1.25. The highest BCUT2D eigenvalue weighted by atomic mass is 16.2. The number of hydrogen-bond acceptors (Lipinski definition) is 5. The second kappa shape index (κ2) is 6.63. The number of rotatable bonds is 2. The molecule has 8 heteroatoms. The van der Waals surface area contributed by atoms with Crippen molar-refractivity contribution in [2.45, 2.75) is 12.5 Å². The number of amides is 2. The second-order valence-corrected chi connectivity index (χ2v) is 7.12. The highest BCUT2D eigenvalue weighted by Gasteiger charge is 2.33. The molecule has 2 aromatic heterocycles. The van der Waals surface area contributed by atoms with E-state index in [2.05, 4.69) is 20.3 Å². The summed E-state index contributed by atoms with van der Waals surface area (Å²) in [6, 6.07) is 10.9. The zero-order valence-corrected chi connectivity index (χ0v) is 15.3. The first kappa shape index (κ1) is 16.7. The van der Waals surface area contributed by atoms with Crippen molar-refractivity contribution in [3.05, 3.63) is 59.9 Å². The molecule has 0 aliphatic carbocycles. The Morgan fingerprint density at radius 1 is 1.07 bits per heavy atom. The van der Waals surface area contributed by atoms with Crippen LogP contribution in [0, 0.1) is 0 Å². The van der Waals surface area contributed by atoms with Crippen LogP contribution in [-0.2, 0) is 11.2 Å². The van der Waals surface area contributed by atoms with Crippen molar-refractivity contribution >= 4 is 23.3 Å². The van der Waals surface area contributed by atoms with Gasteiger partial charge in [0.1, 0.15) is 11.9 Å². The third-order valence-electron chi connectivity index (χ3n) is 5.45. The first-order valence-electron chi connectivity index (χ1n) is 9.42. The fourth-order valence-electron chi connectivity index (χ4n) is 3.93. The number of nitrogens with zero attached hydrogens (tertiary/aromatic N) is 5. The molecule has 2 aliphatic heterocycles. The predicted octanol–water partition coefficient (Wildman–Crippen LogP) is 0.733. The van der Waals surface area contributed by atoms with Gasteiger partial charge < -0.3 is 15.1 Å². The molecule has 1 fully saturated rings. The van der Waals surface area contributed by atoms with Crippen LogP contribution >= 0.6 is 0 Å². The maximum Gasteiger partial charge on any atom is 0.252 e. The molecule has 0 spiro atoms. The van der Waals surface area contributed by atoms with Gasteiger partial charge in [-0.3, -0.25) is 9.59 Å². The van der Waals surface area contributed by atoms with E-state index in [0.29, 0.717) is 38.2 Å². The standard InChI is InChI=1S/C20H20N6O2/c27-19-15-4-2-1-3-14(15)13-16(22-19)20(28)25-11-9-24(10-12-25)18-6-5-17-21-7-8-26(17)23-18/h1-8,16H,9-13H2,(H,22,27)/t16-/m0/s1. The lowest BCUT2D eigenvalue weighted by Gasteiger charge is -2.37. The van der Waals surface area contributed by atoms with E-state index in [1.54, 1.807) is 16.8 Å². The first-order chi connectivity index (χ1) is 13.7. The van der Waals surface area contributed by atoms with E-state index in [0.717, 1.165) is 17.0 Å². The summed E-state index contributed by atoms with van der Waals surface area (Å²) in [5.74, 6) is 0.690. The normalized spacial score (nSPS) is 19.4. The van der Waals surface area contributed by atoms with Gasteiger partial charge in [0.05, 0.1) is 0 Å². The minimum atomic E-state index is -0.491. The molecule has 8 nitrogen and oxygen atoms in total. The third kappa shape index (κ3) is 2.87. The first-order valence-corrected chi connectivity index (χ1v) is 9.42. The SMILES string of the molecule is O=C1N[C@H](C(=O)N2CCN(c3ccc4nccn4n3)CC2)Cc2ccccc21. The van der Waals surface area contributed by atoms with Crippen LogP contribution in [0.25, 0.3) is 5.65 Å². The molecule has 0 bridgehead atoms. The van der Waals surface area contributed by atoms with Gasteiger partial charge >= 0.3 is 0 Å². The number of nitrogens with one attached hydrogen (secondary N) is 1. The minimum absolute atomic E-state index is 0.0134. The van der Waals surface area contributed by atoms with Crippen molar-refractivity contribution in [2.75, 3.05) is 31.1 Å². The summed E-state index contributed by atoms with van der Waals surface area (Å²) in [7, 11) is 0. The van der Waals surface area contributed by atoms with Crippen LogP contribution in [0.3, 0.4) is 0 Å². The summed E-state index contributed by atoms with van der Waals surface area (Å²) in [5.41, 5.74) is 2.41. The summed E-state index contributed by atoms with van der Waals surface area (Å²) in [6.07, 6.45) is 4.08. The fourth-order valence-corrected chi connectivity index (χ4v) is 3.93. The van der Waals surface area contributed by atoms with Gasteiger partial charge in [-0.25, -0.2) is 9.50 Å². The molecule has 0 unspecified atom stereocenters.